The Kier molecular flexibility index (Phi) is 5.25. The maximum Gasteiger partial charge on any atom is 0.213 e. The van der Waals surface area contributed by atoms with Crippen molar-refractivity contribution in [3.63, 3.8) is 0 Å². The van der Waals surface area contributed by atoms with Gasteiger partial charge in [0.15, 0.2) is 0 Å². The predicted octanol–water partition coefficient (Wildman–Crippen LogP) is 1.82. The molecule has 1 N–H and O–H groups in total. The molecule has 0 aliphatic rings. The van der Waals surface area contributed by atoms with Gasteiger partial charge < -0.3 is 14.8 Å². The monoisotopic (exact) mass is 274 g/mol. The van der Waals surface area contributed by atoms with Gasteiger partial charge in [-0.25, -0.2) is 4.98 Å². The Hall–Kier alpha value is -2.21. The molecule has 0 radical (unpaired) electrons. The quantitative estimate of drug-likeness (QED) is 0.777. The van der Waals surface area contributed by atoms with E-state index in [4.69, 9.17) is 9.47 Å². The summed E-state index contributed by atoms with van der Waals surface area (Å²) in [5.41, 5.74) is 2.70. The molecule has 2 rings (SSSR count). The molecule has 106 valence electrons. The molecule has 0 fully saturated rings. The van der Waals surface area contributed by atoms with E-state index in [-0.39, 0.29) is 0 Å². The average Bonchev–Trinajstić information content (AvgIpc) is 2.48. The number of aryl methyl sites for hydroxylation is 1. The van der Waals surface area contributed by atoms with Crippen molar-refractivity contribution in [1.82, 2.24) is 15.2 Å². The molecule has 0 saturated heterocycles. The first-order valence-corrected chi connectivity index (χ1v) is 6.39. The first kappa shape index (κ1) is 14.2. The highest BCUT2D eigenvalue weighted by atomic mass is 16.5. The third kappa shape index (κ3) is 4.47. The summed E-state index contributed by atoms with van der Waals surface area (Å²) >= 11 is 0. The highest BCUT2D eigenvalue weighted by molar-refractivity contribution is 5.42. The standard InChI is InChI=1S/C14H18N4O2/c1-11-3-4-13(18-17-11)10-15-12-5-6-14(16-9-12)20-8-7-19-2/h3-6,9,15H,7-8,10H2,1-2H3. The Morgan fingerprint density at radius 1 is 1.10 bits per heavy atom. The first-order valence-electron chi connectivity index (χ1n) is 6.39. The number of nitrogens with one attached hydrogen (secondary N) is 1. The van der Waals surface area contributed by atoms with E-state index in [1.807, 2.05) is 31.2 Å². The van der Waals surface area contributed by atoms with Gasteiger partial charge >= 0.3 is 0 Å². The summed E-state index contributed by atoms with van der Waals surface area (Å²) < 4.78 is 10.3. The molecular weight excluding hydrogens is 256 g/mol. The van der Waals surface area contributed by atoms with E-state index in [1.165, 1.54) is 0 Å². The van der Waals surface area contributed by atoms with Gasteiger partial charge in [0.2, 0.25) is 5.88 Å². The van der Waals surface area contributed by atoms with Crippen LogP contribution in [0.15, 0.2) is 30.5 Å². The Morgan fingerprint density at radius 2 is 2.00 bits per heavy atom. The van der Waals surface area contributed by atoms with Crippen LogP contribution in [0.4, 0.5) is 5.69 Å². The molecule has 0 aliphatic heterocycles. The lowest BCUT2D eigenvalue weighted by Gasteiger charge is -2.07. The molecule has 20 heavy (non-hydrogen) atoms. The SMILES string of the molecule is COCCOc1ccc(NCc2ccc(C)nn2)cn1. The Balaban J connectivity index is 1.82. The third-order valence-corrected chi connectivity index (χ3v) is 2.60. The summed E-state index contributed by atoms with van der Waals surface area (Å²) in [5, 5.41) is 11.3. The van der Waals surface area contributed by atoms with Crippen LogP contribution in [0.3, 0.4) is 0 Å². The molecule has 2 aromatic rings. The van der Waals surface area contributed by atoms with Crippen molar-refractivity contribution in [2.24, 2.45) is 0 Å². The van der Waals surface area contributed by atoms with Crippen molar-refractivity contribution in [2.45, 2.75) is 13.5 Å². The lowest BCUT2D eigenvalue weighted by molar-refractivity contribution is 0.144. The third-order valence-electron chi connectivity index (χ3n) is 2.60. The Morgan fingerprint density at radius 3 is 2.65 bits per heavy atom. The Bertz CT molecular complexity index is 514. The minimum atomic E-state index is 0.495. The summed E-state index contributed by atoms with van der Waals surface area (Å²) in [5.74, 6) is 0.586. The van der Waals surface area contributed by atoms with Crippen LogP contribution < -0.4 is 10.1 Å². The second-order valence-corrected chi connectivity index (χ2v) is 4.25. The number of ether oxygens (including phenoxy) is 2. The van der Waals surface area contributed by atoms with E-state index in [2.05, 4.69) is 20.5 Å². The zero-order valence-electron chi connectivity index (χ0n) is 11.7. The van der Waals surface area contributed by atoms with E-state index in [1.54, 1.807) is 13.3 Å². The second-order valence-electron chi connectivity index (χ2n) is 4.25. The van der Waals surface area contributed by atoms with E-state index >= 15 is 0 Å². The van der Waals surface area contributed by atoms with Crippen LogP contribution >= 0.6 is 0 Å². The largest absolute Gasteiger partial charge is 0.475 e. The zero-order valence-corrected chi connectivity index (χ0v) is 11.7. The van der Waals surface area contributed by atoms with Crippen LogP contribution in [0.2, 0.25) is 0 Å². The molecule has 0 saturated carbocycles. The van der Waals surface area contributed by atoms with E-state index < -0.39 is 0 Å². The van der Waals surface area contributed by atoms with Gasteiger partial charge in [-0.1, -0.05) is 0 Å². The van der Waals surface area contributed by atoms with Crippen molar-refractivity contribution in [3.05, 3.63) is 41.9 Å². The summed E-state index contributed by atoms with van der Waals surface area (Å²) in [7, 11) is 1.64. The number of hydrogen-bond acceptors (Lipinski definition) is 6. The van der Waals surface area contributed by atoms with E-state index in [0.29, 0.717) is 25.6 Å². The van der Waals surface area contributed by atoms with Crippen LogP contribution in [0, 0.1) is 6.92 Å². The van der Waals surface area contributed by atoms with Crippen LogP contribution in [-0.2, 0) is 11.3 Å². The number of methoxy groups -OCH3 is 1. The number of anilines is 1. The van der Waals surface area contributed by atoms with Crippen molar-refractivity contribution >= 4 is 5.69 Å². The molecule has 0 amide bonds. The highest BCUT2D eigenvalue weighted by Gasteiger charge is 1.99. The fourth-order valence-electron chi connectivity index (χ4n) is 1.51. The van der Waals surface area contributed by atoms with Crippen molar-refractivity contribution in [1.29, 1.82) is 0 Å². The first-order chi connectivity index (χ1) is 9.78. The summed E-state index contributed by atoms with van der Waals surface area (Å²) in [6.07, 6.45) is 1.73. The summed E-state index contributed by atoms with van der Waals surface area (Å²) in [6.45, 7) is 3.57. The minimum Gasteiger partial charge on any atom is -0.475 e. The molecule has 0 bridgehead atoms. The van der Waals surface area contributed by atoms with Gasteiger partial charge in [0.05, 0.1) is 36.4 Å². The van der Waals surface area contributed by atoms with Gasteiger partial charge in [-0.3, -0.25) is 0 Å². The van der Waals surface area contributed by atoms with Gasteiger partial charge in [0.25, 0.3) is 0 Å². The van der Waals surface area contributed by atoms with Crippen molar-refractivity contribution in [3.8, 4) is 5.88 Å². The maximum atomic E-state index is 5.39. The van der Waals surface area contributed by atoms with E-state index in [0.717, 1.165) is 17.1 Å². The smallest absolute Gasteiger partial charge is 0.213 e. The summed E-state index contributed by atoms with van der Waals surface area (Å²) in [6, 6.07) is 7.62. The number of rotatable bonds is 7. The van der Waals surface area contributed by atoms with Gasteiger partial charge in [0, 0.05) is 13.2 Å². The molecule has 6 nitrogen and oxygen atoms in total. The highest BCUT2D eigenvalue weighted by Crippen LogP contribution is 2.12. The zero-order chi connectivity index (χ0) is 14.2. The van der Waals surface area contributed by atoms with E-state index in [9.17, 15) is 0 Å². The number of pyridine rings is 1. The van der Waals surface area contributed by atoms with Gasteiger partial charge in [-0.15, -0.1) is 0 Å². The van der Waals surface area contributed by atoms with Crippen molar-refractivity contribution in [2.75, 3.05) is 25.6 Å². The number of aromatic nitrogens is 3. The number of nitrogens with zero attached hydrogens (tertiary/aromatic N) is 3. The molecule has 0 aromatic carbocycles. The molecule has 0 aliphatic carbocycles. The molecule has 0 atom stereocenters. The minimum absolute atomic E-state index is 0.495. The van der Waals surface area contributed by atoms with Crippen LogP contribution in [0.1, 0.15) is 11.4 Å². The molecule has 2 heterocycles. The number of hydrogen-bond donors (Lipinski definition) is 1. The molecule has 2 aromatic heterocycles. The van der Waals surface area contributed by atoms with Crippen molar-refractivity contribution < 1.29 is 9.47 Å². The predicted molar refractivity (Wildman–Crippen MR) is 75.7 cm³/mol. The Labute approximate surface area is 118 Å². The lowest BCUT2D eigenvalue weighted by Crippen LogP contribution is -2.06. The average molecular weight is 274 g/mol. The molecular formula is C14H18N4O2. The summed E-state index contributed by atoms with van der Waals surface area (Å²) in [4.78, 5) is 4.20. The topological polar surface area (TPSA) is 69.2 Å². The van der Waals surface area contributed by atoms with Gasteiger partial charge in [-0.2, -0.15) is 10.2 Å². The van der Waals surface area contributed by atoms with Crippen LogP contribution in [0.5, 0.6) is 5.88 Å². The van der Waals surface area contributed by atoms with Crippen LogP contribution in [-0.4, -0.2) is 35.5 Å². The fourth-order valence-corrected chi connectivity index (χ4v) is 1.51. The van der Waals surface area contributed by atoms with Crippen LogP contribution in [0.25, 0.3) is 0 Å². The second kappa shape index (κ2) is 7.40. The molecule has 0 unspecified atom stereocenters. The molecule has 0 spiro atoms. The van der Waals surface area contributed by atoms with Gasteiger partial charge in [0.1, 0.15) is 6.61 Å². The van der Waals surface area contributed by atoms with Gasteiger partial charge in [-0.05, 0) is 25.1 Å². The maximum absolute atomic E-state index is 5.39. The normalized spacial score (nSPS) is 10.3. The lowest BCUT2D eigenvalue weighted by atomic mass is 10.3. The molecule has 6 heteroatoms. The fraction of sp³-hybridized carbons (Fsp3) is 0.357.